The third-order valence-corrected chi connectivity index (χ3v) is 3.66. The van der Waals surface area contributed by atoms with E-state index >= 15 is 0 Å². The first-order valence-electron chi connectivity index (χ1n) is 7.76. The Hall–Kier alpha value is -0.490. The number of hydrogen-bond donors (Lipinski definition) is 0. The lowest BCUT2D eigenvalue weighted by atomic mass is 10.1. The van der Waals surface area contributed by atoms with Crippen LogP contribution in [0.3, 0.4) is 0 Å². The van der Waals surface area contributed by atoms with Gasteiger partial charge in [0.2, 0.25) is 0 Å². The second-order valence-electron chi connectivity index (χ2n) is 5.55. The Bertz CT molecular complexity index is 264. The highest BCUT2D eigenvalue weighted by Gasteiger charge is 2.16. The summed E-state index contributed by atoms with van der Waals surface area (Å²) < 4.78 is 10.8. The first-order valence-corrected chi connectivity index (χ1v) is 7.76. The molecule has 0 atom stereocenters. The topological polar surface area (TPSA) is 42.0 Å². The lowest BCUT2D eigenvalue weighted by Crippen LogP contribution is -2.48. The summed E-state index contributed by atoms with van der Waals surface area (Å²) in [6, 6.07) is 0. The molecule has 0 aliphatic carbocycles. The van der Waals surface area contributed by atoms with Gasteiger partial charge in [0.15, 0.2) is 5.78 Å². The maximum Gasteiger partial charge on any atom is 0.160 e. The molecule has 0 aromatic heterocycles. The summed E-state index contributed by atoms with van der Waals surface area (Å²) in [6.45, 7) is 14.7. The molecule has 1 saturated heterocycles. The summed E-state index contributed by atoms with van der Waals surface area (Å²) in [5.74, 6) is 0.259. The molecule has 20 heavy (non-hydrogen) atoms. The van der Waals surface area contributed by atoms with E-state index in [0.29, 0.717) is 6.61 Å². The van der Waals surface area contributed by atoms with Crippen molar-refractivity contribution in [2.24, 2.45) is 5.92 Å². The van der Waals surface area contributed by atoms with Crippen molar-refractivity contribution >= 4 is 5.78 Å². The monoisotopic (exact) mass is 286 g/mol. The third kappa shape index (κ3) is 7.33. The maximum atomic E-state index is 11.4. The molecule has 1 aliphatic heterocycles. The molecule has 0 aromatic rings. The van der Waals surface area contributed by atoms with E-state index in [0.717, 1.165) is 52.5 Å². The van der Waals surface area contributed by atoms with Crippen molar-refractivity contribution in [3.63, 3.8) is 0 Å². The van der Waals surface area contributed by atoms with Gasteiger partial charge in [-0.05, 0) is 6.92 Å². The van der Waals surface area contributed by atoms with Gasteiger partial charge in [0.05, 0.1) is 13.2 Å². The van der Waals surface area contributed by atoms with Crippen LogP contribution in [0.15, 0.2) is 0 Å². The second-order valence-corrected chi connectivity index (χ2v) is 5.55. The van der Waals surface area contributed by atoms with Crippen LogP contribution in [-0.2, 0) is 14.3 Å². The molecule has 1 aliphatic rings. The van der Waals surface area contributed by atoms with Gasteiger partial charge in [0.25, 0.3) is 0 Å². The lowest BCUT2D eigenvalue weighted by molar-refractivity contribution is -0.126. The Kier molecular flexibility index (Phi) is 9.02. The standard InChI is InChI=1S/C15H30N2O3/c1-4-19-11-9-16-5-7-17(8-6-16)10-12-20-13-15(18)14(2)3/h14H,4-13H2,1-3H3. The van der Waals surface area contributed by atoms with Crippen molar-refractivity contribution in [1.29, 1.82) is 0 Å². The molecular weight excluding hydrogens is 256 g/mol. The SMILES string of the molecule is CCOCCN1CCN(CCOCC(=O)C(C)C)CC1. The Morgan fingerprint density at radius 2 is 1.50 bits per heavy atom. The highest BCUT2D eigenvalue weighted by Crippen LogP contribution is 2.01. The van der Waals surface area contributed by atoms with Gasteiger partial charge in [-0.15, -0.1) is 0 Å². The molecule has 118 valence electrons. The molecule has 0 saturated carbocycles. The largest absolute Gasteiger partial charge is 0.380 e. The Balaban J connectivity index is 2.01. The molecule has 0 bridgehead atoms. The number of carbonyl (C=O) groups excluding carboxylic acids is 1. The zero-order valence-electron chi connectivity index (χ0n) is 13.3. The number of rotatable bonds is 10. The highest BCUT2D eigenvalue weighted by atomic mass is 16.5. The van der Waals surface area contributed by atoms with Crippen LogP contribution < -0.4 is 0 Å². The molecule has 1 fully saturated rings. The van der Waals surface area contributed by atoms with Gasteiger partial charge in [-0.25, -0.2) is 0 Å². The minimum atomic E-state index is 0.0730. The average Bonchev–Trinajstić information content (AvgIpc) is 2.45. The zero-order valence-corrected chi connectivity index (χ0v) is 13.3. The lowest BCUT2D eigenvalue weighted by Gasteiger charge is -2.34. The van der Waals surface area contributed by atoms with Gasteiger partial charge < -0.3 is 9.47 Å². The van der Waals surface area contributed by atoms with Crippen LogP contribution in [0.25, 0.3) is 0 Å². The van der Waals surface area contributed by atoms with E-state index in [1.54, 1.807) is 0 Å². The maximum absolute atomic E-state index is 11.4. The molecule has 0 amide bonds. The molecule has 0 aromatic carbocycles. The van der Waals surface area contributed by atoms with E-state index in [4.69, 9.17) is 9.47 Å². The van der Waals surface area contributed by atoms with Gasteiger partial charge >= 0.3 is 0 Å². The molecule has 0 spiro atoms. The van der Waals surface area contributed by atoms with Crippen LogP contribution in [0.1, 0.15) is 20.8 Å². The molecule has 0 N–H and O–H groups in total. The number of hydrogen-bond acceptors (Lipinski definition) is 5. The number of nitrogens with zero attached hydrogens (tertiary/aromatic N) is 2. The van der Waals surface area contributed by atoms with Crippen molar-refractivity contribution in [3.05, 3.63) is 0 Å². The van der Waals surface area contributed by atoms with Crippen LogP contribution in [0, 0.1) is 5.92 Å². The Labute approximate surface area is 123 Å². The molecule has 5 heteroatoms. The zero-order chi connectivity index (χ0) is 14.8. The van der Waals surface area contributed by atoms with Crippen molar-refractivity contribution in [2.75, 3.05) is 65.7 Å². The summed E-state index contributed by atoms with van der Waals surface area (Å²) >= 11 is 0. The first-order chi connectivity index (χ1) is 9.63. The summed E-state index contributed by atoms with van der Waals surface area (Å²) in [7, 11) is 0. The van der Waals surface area contributed by atoms with E-state index in [2.05, 4.69) is 9.80 Å². The van der Waals surface area contributed by atoms with E-state index in [9.17, 15) is 4.79 Å². The van der Waals surface area contributed by atoms with Crippen LogP contribution in [0.5, 0.6) is 0 Å². The van der Waals surface area contributed by atoms with Gasteiger partial charge in [-0.1, -0.05) is 13.8 Å². The number of ketones is 1. The van der Waals surface area contributed by atoms with Crippen LogP contribution in [0.2, 0.25) is 0 Å². The van der Waals surface area contributed by atoms with E-state index < -0.39 is 0 Å². The summed E-state index contributed by atoms with van der Waals surface area (Å²) in [5, 5.41) is 0. The predicted molar refractivity (Wildman–Crippen MR) is 80.0 cm³/mol. The summed E-state index contributed by atoms with van der Waals surface area (Å²) in [6.07, 6.45) is 0. The van der Waals surface area contributed by atoms with Gasteiger partial charge in [0, 0.05) is 51.8 Å². The molecule has 1 rings (SSSR count). The van der Waals surface area contributed by atoms with Crippen molar-refractivity contribution in [3.8, 4) is 0 Å². The Morgan fingerprint density at radius 1 is 1.00 bits per heavy atom. The van der Waals surface area contributed by atoms with E-state index in [1.165, 1.54) is 0 Å². The molecular formula is C15H30N2O3. The van der Waals surface area contributed by atoms with Crippen molar-refractivity contribution < 1.29 is 14.3 Å². The van der Waals surface area contributed by atoms with Gasteiger partial charge in [-0.2, -0.15) is 0 Å². The van der Waals surface area contributed by atoms with E-state index in [1.807, 2.05) is 20.8 Å². The fourth-order valence-electron chi connectivity index (χ4n) is 2.11. The minimum absolute atomic E-state index is 0.0730. The highest BCUT2D eigenvalue weighted by molar-refractivity contribution is 5.81. The third-order valence-electron chi connectivity index (χ3n) is 3.66. The Morgan fingerprint density at radius 3 is 1.95 bits per heavy atom. The summed E-state index contributed by atoms with van der Waals surface area (Å²) in [4.78, 5) is 16.2. The number of carbonyl (C=O) groups is 1. The number of ether oxygens (including phenoxy) is 2. The molecule has 1 heterocycles. The summed E-state index contributed by atoms with van der Waals surface area (Å²) in [5.41, 5.74) is 0. The molecule has 5 nitrogen and oxygen atoms in total. The molecule has 0 unspecified atom stereocenters. The fraction of sp³-hybridized carbons (Fsp3) is 0.933. The van der Waals surface area contributed by atoms with Gasteiger partial charge in [0.1, 0.15) is 6.61 Å². The predicted octanol–water partition coefficient (Wildman–Crippen LogP) is 0.882. The van der Waals surface area contributed by atoms with E-state index in [-0.39, 0.29) is 18.3 Å². The second kappa shape index (κ2) is 10.3. The van der Waals surface area contributed by atoms with Crippen LogP contribution >= 0.6 is 0 Å². The number of piperazine rings is 1. The minimum Gasteiger partial charge on any atom is -0.380 e. The average molecular weight is 286 g/mol. The quantitative estimate of drug-likeness (QED) is 0.558. The number of Topliss-reactive ketones (excluding diaryl/α,β-unsaturated/α-hetero) is 1. The fourth-order valence-corrected chi connectivity index (χ4v) is 2.11. The van der Waals surface area contributed by atoms with Crippen LogP contribution in [0.4, 0.5) is 0 Å². The van der Waals surface area contributed by atoms with Gasteiger partial charge in [-0.3, -0.25) is 14.6 Å². The molecule has 0 radical (unpaired) electrons. The van der Waals surface area contributed by atoms with Crippen LogP contribution in [-0.4, -0.2) is 81.3 Å². The van der Waals surface area contributed by atoms with Crippen molar-refractivity contribution in [1.82, 2.24) is 9.80 Å². The first kappa shape index (κ1) is 17.6. The smallest absolute Gasteiger partial charge is 0.160 e. The normalized spacial score (nSPS) is 17.8. The van der Waals surface area contributed by atoms with Crippen molar-refractivity contribution in [2.45, 2.75) is 20.8 Å².